The van der Waals surface area contributed by atoms with Gasteiger partial charge in [0.2, 0.25) is 0 Å². The molecule has 0 aliphatic carbocycles. The maximum atomic E-state index is 12.6. The zero-order valence-corrected chi connectivity index (χ0v) is 11.1. The summed E-state index contributed by atoms with van der Waals surface area (Å²) >= 11 is 1.51. The number of benzene rings is 1. The molecule has 1 aliphatic rings. The van der Waals surface area contributed by atoms with Gasteiger partial charge in [0.05, 0.1) is 4.88 Å². The smallest absolute Gasteiger partial charge is 0.268 e. The zero-order valence-electron chi connectivity index (χ0n) is 10.3. The van der Waals surface area contributed by atoms with Crippen LogP contribution in [0.25, 0.3) is 0 Å². The van der Waals surface area contributed by atoms with E-state index in [9.17, 15) is 4.79 Å². The summed E-state index contributed by atoms with van der Waals surface area (Å²) in [6.07, 6.45) is 2.10. The Hall–Kier alpha value is -1.61. The molecule has 18 heavy (non-hydrogen) atoms. The van der Waals surface area contributed by atoms with Gasteiger partial charge in [-0.3, -0.25) is 4.79 Å². The van der Waals surface area contributed by atoms with Gasteiger partial charge in [0, 0.05) is 11.7 Å². The summed E-state index contributed by atoms with van der Waals surface area (Å²) in [6, 6.07) is 12.3. The van der Waals surface area contributed by atoms with Gasteiger partial charge in [-0.15, -0.1) is 11.3 Å². The van der Waals surface area contributed by atoms with Gasteiger partial charge in [-0.2, -0.15) is 0 Å². The Morgan fingerprint density at radius 1 is 1.28 bits per heavy atom. The second kappa shape index (κ2) is 4.58. The molecule has 0 spiro atoms. The van der Waals surface area contributed by atoms with Crippen LogP contribution in [0.5, 0.6) is 0 Å². The molecular weight excluding hydrogens is 242 g/mol. The van der Waals surface area contributed by atoms with Crippen molar-refractivity contribution in [3.63, 3.8) is 0 Å². The molecule has 2 aromatic rings. The largest absolute Gasteiger partial charge is 0.305 e. The minimum atomic E-state index is 0.129. The van der Waals surface area contributed by atoms with E-state index >= 15 is 0 Å². The van der Waals surface area contributed by atoms with Gasteiger partial charge >= 0.3 is 0 Å². The normalized spacial score (nSPS) is 18.5. The molecule has 2 nitrogen and oxygen atoms in total. The van der Waals surface area contributed by atoms with Crippen molar-refractivity contribution in [2.45, 2.75) is 25.8 Å². The molecular formula is C15H15NOS. The number of thiophene rings is 1. The van der Waals surface area contributed by atoms with Crippen LogP contribution in [0, 0.1) is 0 Å². The van der Waals surface area contributed by atoms with E-state index < -0.39 is 0 Å². The second-order valence-electron chi connectivity index (χ2n) is 4.67. The lowest BCUT2D eigenvalue weighted by Gasteiger charge is -2.35. The van der Waals surface area contributed by atoms with Gasteiger partial charge in [-0.05, 0) is 42.8 Å². The summed E-state index contributed by atoms with van der Waals surface area (Å²) < 4.78 is 0. The first-order chi connectivity index (χ1) is 8.77. The number of carbonyl (C=O) groups excluding carboxylic acids is 1. The van der Waals surface area contributed by atoms with Gasteiger partial charge < -0.3 is 4.90 Å². The Labute approximate surface area is 111 Å². The molecule has 1 amide bonds. The number of hydrogen-bond donors (Lipinski definition) is 0. The topological polar surface area (TPSA) is 20.3 Å². The number of fused-ring (bicyclic) bond motifs is 1. The number of anilines is 1. The van der Waals surface area contributed by atoms with E-state index in [0.717, 1.165) is 23.4 Å². The molecule has 0 fully saturated rings. The van der Waals surface area contributed by atoms with Crippen LogP contribution in [0.3, 0.4) is 0 Å². The van der Waals surface area contributed by atoms with E-state index in [1.165, 1.54) is 16.9 Å². The number of rotatable bonds is 1. The van der Waals surface area contributed by atoms with Crippen molar-refractivity contribution in [1.82, 2.24) is 0 Å². The van der Waals surface area contributed by atoms with E-state index in [1.54, 1.807) is 0 Å². The quantitative estimate of drug-likeness (QED) is 0.762. The minimum absolute atomic E-state index is 0.129. The van der Waals surface area contributed by atoms with Crippen molar-refractivity contribution in [3.05, 3.63) is 52.2 Å². The van der Waals surface area contributed by atoms with Gasteiger partial charge in [-0.25, -0.2) is 0 Å². The number of amides is 1. The first-order valence-electron chi connectivity index (χ1n) is 6.22. The van der Waals surface area contributed by atoms with Gasteiger partial charge in [0.1, 0.15) is 0 Å². The van der Waals surface area contributed by atoms with Crippen molar-refractivity contribution in [2.24, 2.45) is 0 Å². The third-order valence-electron chi connectivity index (χ3n) is 3.47. The minimum Gasteiger partial charge on any atom is -0.305 e. The Balaban J connectivity index is 2.03. The lowest BCUT2D eigenvalue weighted by molar-refractivity contribution is 0.0979. The average Bonchev–Trinajstić information content (AvgIpc) is 2.92. The number of carbonyl (C=O) groups is 1. The van der Waals surface area contributed by atoms with Gasteiger partial charge in [0.15, 0.2) is 0 Å². The summed E-state index contributed by atoms with van der Waals surface area (Å²) in [5, 5.41) is 1.95. The zero-order chi connectivity index (χ0) is 12.5. The molecule has 0 bridgehead atoms. The van der Waals surface area contributed by atoms with Gasteiger partial charge in [0.25, 0.3) is 5.91 Å². The van der Waals surface area contributed by atoms with Crippen molar-refractivity contribution in [3.8, 4) is 0 Å². The van der Waals surface area contributed by atoms with Crippen LogP contribution < -0.4 is 4.90 Å². The summed E-state index contributed by atoms with van der Waals surface area (Å²) in [5.41, 5.74) is 2.36. The highest BCUT2D eigenvalue weighted by atomic mass is 32.1. The van der Waals surface area contributed by atoms with Crippen molar-refractivity contribution in [2.75, 3.05) is 4.90 Å². The molecule has 0 saturated carbocycles. The molecule has 3 heteroatoms. The van der Waals surface area contributed by atoms with Crippen molar-refractivity contribution >= 4 is 22.9 Å². The third kappa shape index (κ3) is 1.85. The van der Waals surface area contributed by atoms with Crippen LogP contribution in [0.4, 0.5) is 5.69 Å². The Morgan fingerprint density at radius 2 is 2.11 bits per heavy atom. The molecule has 3 rings (SSSR count). The molecule has 1 atom stereocenters. The first kappa shape index (κ1) is 11.5. The van der Waals surface area contributed by atoms with Crippen molar-refractivity contribution < 1.29 is 4.79 Å². The highest BCUT2D eigenvalue weighted by Crippen LogP contribution is 2.32. The lowest BCUT2D eigenvalue weighted by Crippen LogP contribution is -2.41. The molecule has 0 radical (unpaired) electrons. The fraction of sp³-hybridized carbons (Fsp3) is 0.267. The third-order valence-corrected chi connectivity index (χ3v) is 4.33. The molecule has 92 valence electrons. The van der Waals surface area contributed by atoms with E-state index in [1.807, 2.05) is 34.5 Å². The number of hydrogen-bond acceptors (Lipinski definition) is 2. The first-order valence-corrected chi connectivity index (χ1v) is 7.10. The molecule has 1 aromatic carbocycles. The summed E-state index contributed by atoms with van der Waals surface area (Å²) in [6.45, 7) is 2.13. The Morgan fingerprint density at radius 3 is 2.89 bits per heavy atom. The molecule has 0 saturated heterocycles. The molecule has 2 heterocycles. The highest BCUT2D eigenvalue weighted by Gasteiger charge is 2.28. The standard InChI is InChI=1S/C15H15NOS/c1-11-8-9-12-5-2-3-6-13(12)16(11)15(17)14-7-4-10-18-14/h2-7,10-11H,8-9H2,1H3/t11-/m1/s1. The fourth-order valence-corrected chi connectivity index (χ4v) is 3.18. The van der Waals surface area contributed by atoms with Crippen LogP contribution >= 0.6 is 11.3 Å². The van der Waals surface area contributed by atoms with E-state index in [2.05, 4.69) is 19.1 Å². The van der Waals surface area contributed by atoms with E-state index in [4.69, 9.17) is 0 Å². The van der Waals surface area contributed by atoms with Crippen LogP contribution in [-0.2, 0) is 6.42 Å². The predicted molar refractivity (Wildman–Crippen MR) is 75.4 cm³/mol. The number of para-hydroxylation sites is 1. The number of aryl methyl sites for hydroxylation is 1. The van der Waals surface area contributed by atoms with Crippen LogP contribution in [-0.4, -0.2) is 11.9 Å². The number of nitrogens with zero attached hydrogens (tertiary/aromatic N) is 1. The van der Waals surface area contributed by atoms with E-state index in [0.29, 0.717) is 0 Å². The van der Waals surface area contributed by atoms with Crippen LogP contribution in [0.2, 0.25) is 0 Å². The molecule has 1 aliphatic heterocycles. The average molecular weight is 257 g/mol. The second-order valence-corrected chi connectivity index (χ2v) is 5.62. The monoisotopic (exact) mass is 257 g/mol. The summed E-state index contributed by atoms with van der Waals surface area (Å²) in [4.78, 5) is 15.3. The lowest BCUT2D eigenvalue weighted by atomic mass is 9.96. The maximum Gasteiger partial charge on any atom is 0.268 e. The fourth-order valence-electron chi connectivity index (χ4n) is 2.52. The van der Waals surface area contributed by atoms with Crippen LogP contribution in [0.15, 0.2) is 41.8 Å². The van der Waals surface area contributed by atoms with Crippen molar-refractivity contribution in [1.29, 1.82) is 0 Å². The Kier molecular flexibility index (Phi) is 2.92. The Bertz CT molecular complexity index is 562. The van der Waals surface area contributed by atoms with Gasteiger partial charge in [-0.1, -0.05) is 24.3 Å². The molecule has 1 aromatic heterocycles. The van der Waals surface area contributed by atoms with Crippen LogP contribution in [0.1, 0.15) is 28.6 Å². The van der Waals surface area contributed by atoms with E-state index in [-0.39, 0.29) is 11.9 Å². The summed E-state index contributed by atoms with van der Waals surface area (Å²) in [5.74, 6) is 0.129. The molecule has 0 unspecified atom stereocenters. The molecule has 0 N–H and O–H groups in total. The maximum absolute atomic E-state index is 12.6. The summed E-state index contributed by atoms with van der Waals surface area (Å²) in [7, 11) is 0. The highest BCUT2D eigenvalue weighted by molar-refractivity contribution is 7.12. The predicted octanol–water partition coefficient (Wildman–Crippen LogP) is 3.73. The SMILES string of the molecule is C[C@@H]1CCc2ccccc2N1C(=O)c1cccs1.